The average Bonchev–Trinajstić information content (AvgIpc) is 3.00. The van der Waals surface area contributed by atoms with Gasteiger partial charge in [-0.15, -0.1) is 5.54 Å². The van der Waals surface area contributed by atoms with Crippen LogP contribution in [0.5, 0.6) is 0 Å². The van der Waals surface area contributed by atoms with Gasteiger partial charge in [0.05, 0.1) is 5.39 Å². The average molecular weight is 594 g/mol. The number of aromatic nitrogens is 3. The molecule has 1 aliphatic heterocycles. The van der Waals surface area contributed by atoms with Gasteiger partial charge in [-0.2, -0.15) is 0 Å². The summed E-state index contributed by atoms with van der Waals surface area (Å²) >= 11 is 0. The van der Waals surface area contributed by atoms with E-state index >= 15 is 4.39 Å². The molecule has 1 fully saturated rings. The highest BCUT2D eigenvalue weighted by Gasteiger charge is 2.41. The molecule has 0 radical (unpaired) electrons. The first-order valence-corrected chi connectivity index (χ1v) is 17.3. The molecule has 222 valence electrons. The van der Waals surface area contributed by atoms with Gasteiger partial charge in [-0.25, -0.2) is 14.4 Å². The highest BCUT2D eigenvalue weighted by molar-refractivity contribution is 6.90. The smallest absolute Gasteiger partial charge is 0.246 e. The molecule has 6 nitrogen and oxygen atoms in total. The van der Waals surface area contributed by atoms with Gasteiger partial charge >= 0.3 is 0 Å². The van der Waals surface area contributed by atoms with E-state index in [0.717, 1.165) is 16.3 Å². The van der Waals surface area contributed by atoms with Crippen molar-refractivity contribution in [1.29, 1.82) is 0 Å². The number of halogens is 1. The summed E-state index contributed by atoms with van der Waals surface area (Å²) in [5, 5.41) is 2.45. The lowest BCUT2D eigenvalue weighted by atomic mass is 9.97. The standard InChI is InChI=1S/C35H40FN5OSi/c1-8-30(42)40-16-18-41(19-17-40)35-29-21-37-33(32(36)34(29)38-22-39-35)28-14-10-13-26-11-9-12-27(31(26)28)15-20-43(23(2)3,24(4)5)25(6)7/h8-14,21-25H,1,16-19H2,2-7H3. The van der Waals surface area contributed by atoms with Crippen molar-refractivity contribution in [1.82, 2.24) is 19.9 Å². The molecule has 8 heteroatoms. The van der Waals surface area contributed by atoms with E-state index in [1.165, 1.54) is 12.4 Å². The van der Waals surface area contributed by atoms with Crippen LogP contribution in [-0.2, 0) is 4.79 Å². The van der Waals surface area contributed by atoms with Gasteiger partial charge in [0.2, 0.25) is 5.91 Å². The van der Waals surface area contributed by atoms with Crippen molar-refractivity contribution >= 4 is 41.5 Å². The van der Waals surface area contributed by atoms with Crippen molar-refractivity contribution in [3.8, 4) is 22.7 Å². The molecule has 5 rings (SSSR count). The number of fused-ring (bicyclic) bond motifs is 2. The zero-order chi connectivity index (χ0) is 30.9. The summed E-state index contributed by atoms with van der Waals surface area (Å²) in [6.07, 6.45) is 4.41. The summed E-state index contributed by atoms with van der Waals surface area (Å²) in [4.78, 5) is 29.4. The molecule has 1 saturated heterocycles. The molecule has 0 bridgehead atoms. The highest BCUT2D eigenvalue weighted by Crippen LogP contribution is 2.41. The van der Waals surface area contributed by atoms with Crippen LogP contribution in [0.25, 0.3) is 32.9 Å². The molecule has 0 atom stereocenters. The van der Waals surface area contributed by atoms with Crippen LogP contribution in [0.3, 0.4) is 0 Å². The van der Waals surface area contributed by atoms with Gasteiger partial charge in [0.15, 0.2) is 5.82 Å². The maximum atomic E-state index is 16.4. The Labute approximate surface area is 255 Å². The summed E-state index contributed by atoms with van der Waals surface area (Å²) in [5.41, 5.74) is 7.43. The number of hydrogen-bond acceptors (Lipinski definition) is 5. The molecule has 1 aliphatic rings. The van der Waals surface area contributed by atoms with Gasteiger partial charge in [0.1, 0.15) is 31.4 Å². The van der Waals surface area contributed by atoms with E-state index in [1.807, 2.05) is 36.4 Å². The Hall–Kier alpha value is -4.09. The third-order valence-corrected chi connectivity index (χ3v) is 15.4. The lowest BCUT2D eigenvalue weighted by Gasteiger charge is -2.38. The molecular formula is C35H40FN5OSi. The van der Waals surface area contributed by atoms with Crippen LogP contribution in [-0.4, -0.2) is 60.0 Å². The molecule has 43 heavy (non-hydrogen) atoms. The lowest BCUT2D eigenvalue weighted by molar-refractivity contribution is -0.126. The van der Waals surface area contributed by atoms with Gasteiger partial charge in [-0.3, -0.25) is 9.78 Å². The predicted octanol–water partition coefficient (Wildman–Crippen LogP) is 7.39. The van der Waals surface area contributed by atoms with Crippen molar-refractivity contribution < 1.29 is 9.18 Å². The number of nitrogens with zero attached hydrogens (tertiary/aromatic N) is 5. The van der Waals surface area contributed by atoms with Crippen LogP contribution < -0.4 is 4.90 Å². The number of anilines is 1. The first kappa shape index (κ1) is 30.4. The molecule has 0 unspecified atom stereocenters. The number of benzene rings is 2. The van der Waals surface area contributed by atoms with E-state index in [1.54, 1.807) is 11.1 Å². The minimum absolute atomic E-state index is 0.0886. The van der Waals surface area contributed by atoms with E-state index in [0.29, 0.717) is 59.6 Å². The van der Waals surface area contributed by atoms with Gasteiger partial charge < -0.3 is 9.80 Å². The van der Waals surface area contributed by atoms with Crippen LogP contribution in [0.15, 0.2) is 61.6 Å². The number of piperazine rings is 1. The molecule has 4 aromatic rings. The second-order valence-corrected chi connectivity index (χ2v) is 17.8. The Balaban J connectivity index is 1.61. The topological polar surface area (TPSA) is 62.2 Å². The predicted molar refractivity (Wildman–Crippen MR) is 177 cm³/mol. The summed E-state index contributed by atoms with van der Waals surface area (Å²) in [6, 6.07) is 12.0. The number of carbonyl (C=O) groups excluding carboxylic acids is 1. The first-order chi connectivity index (χ1) is 20.6. The Morgan fingerprint density at radius 3 is 2.23 bits per heavy atom. The number of pyridine rings is 1. The quantitative estimate of drug-likeness (QED) is 0.133. The monoisotopic (exact) mass is 593 g/mol. The largest absolute Gasteiger partial charge is 0.352 e. The van der Waals surface area contributed by atoms with Gasteiger partial charge in [0.25, 0.3) is 0 Å². The van der Waals surface area contributed by atoms with Crippen LogP contribution in [0.1, 0.15) is 47.1 Å². The molecule has 0 aliphatic carbocycles. The van der Waals surface area contributed by atoms with Crippen molar-refractivity contribution in [3.63, 3.8) is 0 Å². The normalized spacial score (nSPS) is 14.1. The Morgan fingerprint density at radius 1 is 0.953 bits per heavy atom. The number of hydrogen-bond donors (Lipinski definition) is 0. The fourth-order valence-electron chi connectivity index (χ4n) is 6.94. The molecule has 1 amide bonds. The lowest BCUT2D eigenvalue weighted by Crippen LogP contribution is -2.48. The van der Waals surface area contributed by atoms with Crippen LogP contribution in [0.2, 0.25) is 16.6 Å². The Kier molecular flexibility index (Phi) is 8.66. The number of carbonyl (C=O) groups is 1. The van der Waals surface area contributed by atoms with Crippen molar-refractivity contribution in [2.24, 2.45) is 0 Å². The van der Waals surface area contributed by atoms with Crippen molar-refractivity contribution in [2.75, 3.05) is 31.1 Å². The molecule has 2 aromatic heterocycles. The molecule has 0 N–H and O–H groups in total. The first-order valence-electron chi connectivity index (χ1n) is 15.1. The highest BCUT2D eigenvalue weighted by atomic mass is 28.3. The van der Waals surface area contributed by atoms with E-state index in [9.17, 15) is 4.79 Å². The van der Waals surface area contributed by atoms with Gasteiger partial charge in [-0.1, -0.05) is 84.4 Å². The van der Waals surface area contributed by atoms with Crippen LogP contribution in [0, 0.1) is 17.3 Å². The van der Waals surface area contributed by atoms with Crippen LogP contribution >= 0.6 is 0 Å². The van der Waals surface area contributed by atoms with Gasteiger partial charge in [-0.05, 0) is 34.2 Å². The number of amides is 1. The summed E-state index contributed by atoms with van der Waals surface area (Å²) in [5.74, 6) is 3.66. The minimum atomic E-state index is -1.98. The van der Waals surface area contributed by atoms with Crippen molar-refractivity contribution in [3.05, 3.63) is 73.0 Å². The maximum absolute atomic E-state index is 16.4. The second-order valence-electron chi connectivity index (χ2n) is 12.3. The summed E-state index contributed by atoms with van der Waals surface area (Å²) in [7, 11) is -1.98. The molecule has 0 saturated carbocycles. The fraction of sp³-hybridized carbons (Fsp3) is 0.371. The molecule has 3 heterocycles. The van der Waals surface area contributed by atoms with Crippen molar-refractivity contribution in [2.45, 2.75) is 58.2 Å². The zero-order valence-electron chi connectivity index (χ0n) is 26.0. The van der Waals surface area contributed by atoms with E-state index in [2.05, 4.69) is 79.4 Å². The summed E-state index contributed by atoms with van der Waals surface area (Å²) < 4.78 is 16.4. The molecule has 0 spiro atoms. The zero-order valence-corrected chi connectivity index (χ0v) is 27.0. The van der Waals surface area contributed by atoms with Gasteiger partial charge in [0, 0.05) is 48.9 Å². The number of rotatable bonds is 6. The van der Waals surface area contributed by atoms with E-state index in [-0.39, 0.29) is 17.1 Å². The SMILES string of the molecule is C=CC(=O)N1CCN(c2ncnc3c(F)c(-c4cccc5cccc(C#C[Si](C(C)C)(C(C)C)C(C)C)c45)ncc23)CC1. The Morgan fingerprint density at radius 2 is 1.60 bits per heavy atom. The van der Waals surface area contributed by atoms with Crippen LogP contribution in [0.4, 0.5) is 10.2 Å². The Bertz CT molecular complexity index is 1720. The third-order valence-electron chi connectivity index (χ3n) is 9.11. The van der Waals surface area contributed by atoms with E-state index < -0.39 is 13.9 Å². The summed E-state index contributed by atoms with van der Waals surface area (Å²) in [6.45, 7) is 19.7. The molecule has 2 aromatic carbocycles. The second kappa shape index (κ2) is 12.3. The fourth-order valence-corrected chi connectivity index (χ4v) is 12.2. The third kappa shape index (κ3) is 5.43. The minimum Gasteiger partial charge on any atom is -0.352 e. The molecular weight excluding hydrogens is 554 g/mol. The van der Waals surface area contributed by atoms with E-state index in [4.69, 9.17) is 0 Å². The maximum Gasteiger partial charge on any atom is 0.246 e.